The van der Waals surface area contributed by atoms with Gasteiger partial charge in [-0.15, -0.1) is 5.06 Å². The normalized spacial score (nSPS) is 14.9. The number of urea groups is 1. The largest absolute Gasteiger partial charge is 0.506 e. The Morgan fingerprint density at radius 1 is 1.06 bits per heavy atom. The summed E-state index contributed by atoms with van der Waals surface area (Å²) in [7, 11) is -4.24. The second kappa shape index (κ2) is 10.5. The number of phenolic OH excluding ortho intramolecular Hbond substituents is 1. The van der Waals surface area contributed by atoms with Crippen molar-refractivity contribution >= 4 is 62.5 Å². The number of nitrogens with two attached hydrogens (primary N) is 1. The van der Waals surface area contributed by atoms with Gasteiger partial charge in [-0.2, -0.15) is 17.5 Å². The highest BCUT2D eigenvalue weighted by molar-refractivity contribution is 7.89. The Balaban J connectivity index is 2.09. The van der Waals surface area contributed by atoms with E-state index >= 15 is 0 Å². The molecule has 2 aromatic rings. The molecule has 0 spiro atoms. The molecule has 0 saturated carbocycles. The van der Waals surface area contributed by atoms with E-state index in [4.69, 9.17) is 40.5 Å². The number of primary amides is 1. The molecule has 3 rings (SSSR count). The molecule has 2 aromatic carbocycles. The average Bonchev–Trinajstić information content (AvgIpc) is 2.79. The molecule has 0 bridgehead atoms. The molecule has 196 valence electrons. The van der Waals surface area contributed by atoms with E-state index in [1.165, 1.54) is 12.1 Å². The number of carbonyl (C=O) groups is 2. The van der Waals surface area contributed by atoms with Gasteiger partial charge in [0.2, 0.25) is 10.0 Å². The molecule has 2 amide bonds. The van der Waals surface area contributed by atoms with Crippen LogP contribution in [0, 0.1) is 0 Å². The Kier molecular flexibility index (Phi) is 8.17. The molecule has 0 radical (unpaired) electrons. The number of sulfonamides is 1. The van der Waals surface area contributed by atoms with Crippen molar-refractivity contribution in [3.05, 3.63) is 39.3 Å². The van der Waals surface area contributed by atoms with Crippen molar-refractivity contribution in [2.75, 3.05) is 31.2 Å². The first-order valence-corrected chi connectivity index (χ1v) is 12.3. The maximum Gasteiger partial charge on any atom is 0.493 e. The number of hydroxylamine groups is 1. The predicted molar refractivity (Wildman–Crippen MR) is 124 cm³/mol. The number of rotatable bonds is 4. The molecular formula is C19H16Cl3F3N4O6S. The lowest BCUT2D eigenvalue weighted by atomic mass is 10.0. The van der Waals surface area contributed by atoms with Gasteiger partial charge in [0.05, 0.1) is 15.1 Å². The van der Waals surface area contributed by atoms with E-state index in [2.05, 4.69) is 10.2 Å². The average molecular weight is 592 g/mol. The molecule has 1 saturated heterocycles. The maximum atomic E-state index is 13.2. The van der Waals surface area contributed by atoms with Crippen molar-refractivity contribution in [2.24, 2.45) is 5.73 Å². The number of benzene rings is 2. The number of hydrogen-bond donors (Lipinski definition) is 3. The van der Waals surface area contributed by atoms with E-state index in [1.54, 1.807) is 0 Å². The molecule has 36 heavy (non-hydrogen) atoms. The van der Waals surface area contributed by atoms with Gasteiger partial charge in [0.15, 0.2) is 0 Å². The number of piperazine rings is 1. The molecule has 0 atom stereocenters. The molecule has 0 aliphatic carbocycles. The molecule has 1 aliphatic heterocycles. The van der Waals surface area contributed by atoms with Gasteiger partial charge in [0, 0.05) is 37.3 Å². The smallest absolute Gasteiger partial charge is 0.493 e. The van der Waals surface area contributed by atoms with Crippen LogP contribution in [0.25, 0.3) is 11.1 Å². The lowest BCUT2D eigenvalue weighted by Crippen LogP contribution is -2.46. The van der Waals surface area contributed by atoms with Gasteiger partial charge in [0.25, 0.3) is 0 Å². The first-order chi connectivity index (χ1) is 16.7. The summed E-state index contributed by atoms with van der Waals surface area (Å²) >= 11 is 18.5. The van der Waals surface area contributed by atoms with Crippen molar-refractivity contribution in [1.82, 2.24) is 9.62 Å². The first kappa shape index (κ1) is 28.1. The van der Waals surface area contributed by atoms with Crippen LogP contribution in [0.3, 0.4) is 0 Å². The fourth-order valence-electron chi connectivity index (χ4n) is 3.27. The molecule has 0 aromatic heterocycles. The second-order valence-electron chi connectivity index (χ2n) is 7.20. The van der Waals surface area contributed by atoms with Crippen LogP contribution in [0.1, 0.15) is 0 Å². The highest BCUT2D eigenvalue weighted by Crippen LogP contribution is 2.46. The van der Waals surface area contributed by atoms with Crippen LogP contribution >= 0.6 is 34.8 Å². The Labute approximate surface area is 217 Å². The molecule has 4 N–H and O–H groups in total. The predicted octanol–water partition coefficient (Wildman–Crippen LogP) is 3.52. The van der Waals surface area contributed by atoms with E-state index in [-0.39, 0.29) is 34.3 Å². The minimum Gasteiger partial charge on any atom is -0.506 e. The van der Waals surface area contributed by atoms with Crippen LogP contribution in [-0.2, 0) is 19.7 Å². The number of hydrogen-bond acceptors (Lipinski definition) is 7. The standard InChI is InChI=1S/C19H16Cl3F3N4O6S/c20-11-3-1-10(15(30)16(11)36(33,34)28-7-5-27-6-8-28)9-2-4-12(14(22)13(9)21)29(18(26)32)35-17(31)19(23,24)25/h1-4,27,30H,5-8H2,(H2,26,32). The minimum absolute atomic E-state index is 0.0806. The summed E-state index contributed by atoms with van der Waals surface area (Å²) in [6, 6.07) is 2.82. The third-order valence-corrected chi connectivity index (χ3v) is 8.21. The van der Waals surface area contributed by atoms with Gasteiger partial charge in [-0.3, -0.25) is 0 Å². The molecular weight excluding hydrogens is 576 g/mol. The van der Waals surface area contributed by atoms with Gasteiger partial charge in [-0.1, -0.05) is 40.9 Å². The Morgan fingerprint density at radius 3 is 2.19 bits per heavy atom. The SMILES string of the molecule is NC(=O)N(OC(=O)C(F)(F)F)c1ccc(-c2ccc(Cl)c(S(=O)(=O)N3CCNCC3)c2O)c(Cl)c1Cl. The van der Waals surface area contributed by atoms with Gasteiger partial charge >= 0.3 is 18.2 Å². The summed E-state index contributed by atoms with van der Waals surface area (Å²) in [6.45, 7) is 1.03. The second-order valence-corrected chi connectivity index (χ2v) is 10.2. The zero-order valence-corrected chi connectivity index (χ0v) is 20.9. The Morgan fingerprint density at radius 2 is 1.64 bits per heavy atom. The number of carbonyl (C=O) groups excluding carboxylic acids is 2. The summed E-state index contributed by atoms with van der Waals surface area (Å²) in [6.07, 6.45) is -5.45. The number of nitrogens with zero attached hydrogens (tertiary/aromatic N) is 2. The van der Waals surface area contributed by atoms with Crippen molar-refractivity contribution < 1.29 is 41.1 Å². The summed E-state index contributed by atoms with van der Waals surface area (Å²) in [5.74, 6) is -3.52. The van der Waals surface area contributed by atoms with Gasteiger partial charge in [-0.05, 0) is 18.2 Å². The number of alkyl halides is 3. The quantitative estimate of drug-likeness (QED) is 0.462. The monoisotopic (exact) mass is 590 g/mol. The van der Waals surface area contributed by atoms with Gasteiger partial charge in [-0.25, -0.2) is 18.0 Å². The van der Waals surface area contributed by atoms with Crippen LogP contribution in [0.4, 0.5) is 23.7 Å². The van der Waals surface area contributed by atoms with E-state index in [9.17, 15) is 36.3 Å². The number of aromatic hydroxyl groups is 1. The van der Waals surface area contributed by atoms with Crippen molar-refractivity contribution in [3.63, 3.8) is 0 Å². The zero-order chi connectivity index (χ0) is 27.0. The molecule has 0 unspecified atom stereocenters. The first-order valence-electron chi connectivity index (χ1n) is 9.77. The summed E-state index contributed by atoms with van der Waals surface area (Å²) < 4.78 is 65.2. The maximum absolute atomic E-state index is 13.2. The summed E-state index contributed by atoms with van der Waals surface area (Å²) in [5, 5.41) is 12.4. The van der Waals surface area contributed by atoms with Crippen LogP contribution in [-0.4, -0.2) is 62.2 Å². The van der Waals surface area contributed by atoms with E-state index in [0.29, 0.717) is 13.1 Å². The van der Waals surface area contributed by atoms with Gasteiger partial charge < -0.3 is 21.0 Å². The highest BCUT2D eigenvalue weighted by atomic mass is 35.5. The number of nitrogens with one attached hydrogen (secondary N) is 1. The van der Waals surface area contributed by atoms with Crippen molar-refractivity contribution in [1.29, 1.82) is 0 Å². The minimum atomic E-state index is -5.45. The third kappa shape index (κ3) is 5.43. The number of phenols is 1. The number of anilines is 1. The molecule has 1 heterocycles. The Hall–Kier alpha value is -2.49. The zero-order valence-electron chi connectivity index (χ0n) is 17.8. The molecule has 1 fully saturated rings. The highest BCUT2D eigenvalue weighted by Gasteiger charge is 2.44. The summed E-state index contributed by atoms with van der Waals surface area (Å²) in [5.41, 5.74) is 4.16. The van der Waals surface area contributed by atoms with Crippen molar-refractivity contribution in [3.8, 4) is 16.9 Å². The Bertz CT molecular complexity index is 1320. The molecule has 1 aliphatic rings. The van der Waals surface area contributed by atoms with Crippen LogP contribution in [0.5, 0.6) is 5.75 Å². The number of amides is 2. The number of halogens is 6. The van der Waals surface area contributed by atoms with E-state index in [0.717, 1.165) is 16.4 Å². The lowest BCUT2D eigenvalue weighted by Gasteiger charge is -2.27. The van der Waals surface area contributed by atoms with Gasteiger partial charge in [0.1, 0.15) is 16.3 Å². The van der Waals surface area contributed by atoms with E-state index in [1.807, 2.05) is 0 Å². The fourth-order valence-corrected chi connectivity index (χ4v) is 5.81. The van der Waals surface area contributed by atoms with Crippen LogP contribution < -0.4 is 16.1 Å². The van der Waals surface area contributed by atoms with Crippen LogP contribution in [0.2, 0.25) is 15.1 Å². The molecule has 10 nitrogen and oxygen atoms in total. The lowest BCUT2D eigenvalue weighted by molar-refractivity contribution is -0.199. The van der Waals surface area contributed by atoms with E-state index < -0.39 is 54.6 Å². The third-order valence-electron chi connectivity index (χ3n) is 4.93. The molecule has 17 heteroatoms. The van der Waals surface area contributed by atoms with Crippen LogP contribution in [0.15, 0.2) is 29.2 Å². The fraction of sp³-hybridized carbons (Fsp3) is 0.263. The topological polar surface area (TPSA) is 142 Å². The van der Waals surface area contributed by atoms with Crippen molar-refractivity contribution in [2.45, 2.75) is 11.1 Å². The summed E-state index contributed by atoms with van der Waals surface area (Å²) in [4.78, 5) is 26.3.